The summed E-state index contributed by atoms with van der Waals surface area (Å²) >= 11 is 0. The molecule has 0 amide bonds. The highest BCUT2D eigenvalue weighted by Gasteiger charge is 2.31. The number of fused-ring (bicyclic) bond motifs is 2. The summed E-state index contributed by atoms with van der Waals surface area (Å²) in [6.07, 6.45) is 3.32. The molecule has 0 nitrogen and oxygen atoms in total. The highest BCUT2D eigenvalue weighted by Crippen LogP contribution is 2.42. The van der Waals surface area contributed by atoms with Crippen molar-refractivity contribution in [3.8, 4) is 23.7 Å². The van der Waals surface area contributed by atoms with Gasteiger partial charge in [0, 0.05) is 17.4 Å². The van der Waals surface area contributed by atoms with Crippen LogP contribution in [0.4, 0.5) is 26.3 Å². The van der Waals surface area contributed by atoms with Gasteiger partial charge in [0.1, 0.15) is 11.6 Å². The summed E-state index contributed by atoms with van der Waals surface area (Å²) in [5.41, 5.74) is -0.824. The van der Waals surface area contributed by atoms with Gasteiger partial charge in [0.25, 0.3) is 0 Å². The monoisotopic (exact) mass is 434 g/mol. The summed E-state index contributed by atoms with van der Waals surface area (Å²) in [4.78, 5) is 0. The average Bonchev–Trinajstić information content (AvgIpc) is 2.70. The maximum absolute atomic E-state index is 14.6. The standard InChI is InChI=1S/C25H20F6/c26-21-14-19-12-16(6-5-15-7-8-17-3-1-2-4-18(17)11-15)13-22(27)23(19)24(28)20(21)9-10-25(29,30)31/h12-15,17-18H,1-4,7-8,11H2. The van der Waals surface area contributed by atoms with Crippen molar-refractivity contribution in [2.75, 3.05) is 0 Å². The van der Waals surface area contributed by atoms with Crippen molar-refractivity contribution in [2.24, 2.45) is 17.8 Å². The summed E-state index contributed by atoms with van der Waals surface area (Å²) in [6, 6.07) is 3.18. The average molecular weight is 434 g/mol. The first kappa shape index (κ1) is 21.6. The number of hydrogen-bond donors (Lipinski definition) is 0. The van der Waals surface area contributed by atoms with Crippen molar-refractivity contribution < 1.29 is 26.3 Å². The number of alkyl halides is 3. The van der Waals surface area contributed by atoms with E-state index in [0.717, 1.165) is 43.2 Å². The summed E-state index contributed by atoms with van der Waals surface area (Å²) < 4.78 is 80.1. The van der Waals surface area contributed by atoms with Crippen LogP contribution < -0.4 is 0 Å². The van der Waals surface area contributed by atoms with E-state index in [0.29, 0.717) is 5.92 Å². The Labute approximate surface area is 177 Å². The molecule has 3 atom stereocenters. The zero-order valence-electron chi connectivity index (χ0n) is 16.7. The molecule has 3 unspecified atom stereocenters. The van der Waals surface area contributed by atoms with Crippen molar-refractivity contribution >= 4 is 10.8 Å². The lowest BCUT2D eigenvalue weighted by molar-refractivity contribution is -0.0696. The Kier molecular flexibility index (Phi) is 5.93. The quantitative estimate of drug-likeness (QED) is 0.306. The van der Waals surface area contributed by atoms with Gasteiger partial charge < -0.3 is 0 Å². The maximum Gasteiger partial charge on any atom is 0.458 e. The van der Waals surface area contributed by atoms with Crippen LogP contribution in [0.25, 0.3) is 10.8 Å². The number of rotatable bonds is 0. The van der Waals surface area contributed by atoms with Crippen LogP contribution in [0.15, 0.2) is 18.2 Å². The van der Waals surface area contributed by atoms with E-state index < -0.39 is 34.6 Å². The van der Waals surface area contributed by atoms with Crippen molar-refractivity contribution in [1.29, 1.82) is 0 Å². The third-order valence-electron chi connectivity index (χ3n) is 6.37. The second kappa shape index (κ2) is 8.50. The Bertz CT molecular complexity index is 1120. The molecular weight excluding hydrogens is 414 g/mol. The SMILES string of the molecule is Fc1cc2cc(C#CC3CCC4CCCCC4C3)cc(F)c2c(F)c1C#CC(F)(F)F. The largest absolute Gasteiger partial charge is 0.458 e. The fraction of sp³-hybridized carbons (Fsp3) is 0.440. The molecule has 2 aromatic carbocycles. The lowest BCUT2D eigenvalue weighted by atomic mass is 9.68. The molecule has 0 bridgehead atoms. The topological polar surface area (TPSA) is 0 Å². The van der Waals surface area contributed by atoms with E-state index in [4.69, 9.17) is 0 Å². The highest BCUT2D eigenvalue weighted by molar-refractivity contribution is 5.87. The maximum atomic E-state index is 14.6. The molecule has 0 spiro atoms. The van der Waals surface area contributed by atoms with Gasteiger partial charge >= 0.3 is 6.18 Å². The van der Waals surface area contributed by atoms with Crippen LogP contribution in [-0.2, 0) is 0 Å². The van der Waals surface area contributed by atoms with Crippen molar-refractivity contribution in [2.45, 2.75) is 51.1 Å². The number of hydrogen-bond acceptors (Lipinski definition) is 0. The van der Waals surface area contributed by atoms with Gasteiger partial charge in [-0.1, -0.05) is 43.4 Å². The Morgan fingerprint density at radius 3 is 2.29 bits per heavy atom. The van der Waals surface area contributed by atoms with Gasteiger partial charge in [-0.3, -0.25) is 0 Å². The Hall–Kier alpha value is -2.60. The van der Waals surface area contributed by atoms with Crippen LogP contribution in [0.2, 0.25) is 0 Å². The van der Waals surface area contributed by atoms with Crippen LogP contribution in [0.5, 0.6) is 0 Å². The van der Waals surface area contributed by atoms with Gasteiger partial charge in [0.15, 0.2) is 5.82 Å². The minimum absolute atomic E-state index is 0.104. The molecule has 2 aliphatic carbocycles. The third kappa shape index (κ3) is 4.85. The van der Waals surface area contributed by atoms with Crippen LogP contribution in [0.3, 0.4) is 0 Å². The second-order valence-electron chi connectivity index (χ2n) is 8.44. The first-order chi connectivity index (χ1) is 14.7. The van der Waals surface area contributed by atoms with Gasteiger partial charge in [-0.2, -0.15) is 13.2 Å². The Morgan fingerprint density at radius 1 is 0.806 bits per heavy atom. The molecule has 0 N–H and O–H groups in total. The second-order valence-corrected chi connectivity index (χ2v) is 8.44. The van der Waals surface area contributed by atoms with E-state index >= 15 is 0 Å². The fourth-order valence-corrected chi connectivity index (χ4v) is 4.92. The van der Waals surface area contributed by atoms with Crippen molar-refractivity contribution in [3.63, 3.8) is 0 Å². The van der Waals surface area contributed by atoms with E-state index in [1.165, 1.54) is 37.7 Å². The minimum atomic E-state index is -4.91. The number of halogens is 6. The first-order valence-electron chi connectivity index (χ1n) is 10.4. The molecule has 2 aliphatic rings. The van der Waals surface area contributed by atoms with E-state index in [1.54, 1.807) is 0 Å². The summed E-state index contributed by atoms with van der Waals surface area (Å²) in [6.45, 7) is 0. The molecule has 2 aromatic rings. The number of benzene rings is 2. The van der Waals surface area contributed by atoms with Crippen LogP contribution >= 0.6 is 0 Å². The van der Waals surface area contributed by atoms with Crippen molar-refractivity contribution in [1.82, 2.24) is 0 Å². The van der Waals surface area contributed by atoms with Gasteiger partial charge in [-0.15, -0.1) is 0 Å². The van der Waals surface area contributed by atoms with Gasteiger partial charge in [-0.25, -0.2) is 13.2 Å². The Morgan fingerprint density at radius 2 is 1.55 bits per heavy atom. The lowest BCUT2D eigenvalue weighted by Crippen LogP contribution is -2.27. The van der Waals surface area contributed by atoms with E-state index in [1.807, 2.05) is 0 Å². The van der Waals surface area contributed by atoms with Gasteiger partial charge in [0.2, 0.25) is 0 Å². The minimum Gasteiger partial charge on any atom is -0.206 e. The molecule has 0 heterocycles. The van der Waals surface area contributed by atoms with Gasteiger partial charge in [0.05, 0.1) is 10.9 Å². The molecule has 0 aromatic heterocycles. The molecule has 2 saturated carbocycles. The molecule has 0 aliphatic heterocycles. The van der Waals surface area contributed by atoms with E-state index in [9.17, 15) is 26.3 Å². The lowest BCUT2D eigenvalue weighted by Gasteiger charge is -2.37. The third-order valence-corrected chi connectivity index (χ3v) is 6.37. The fourth-order valence-electron chi connectivity index (χ4n) is 4.92. The van der Waals surface area contributed by atoms with Crippen LogP contribution in [0.1, 0.15) is 56.1 Å². The molecule has 6 heteroatoms. The van der Waals surface area contributed by atoms with Crippen LogP contribution in [0, 0.1) is 58.9 Å². The molecule has 2 fully saturated rings. The zero-order valence-corrected chi connectivity index (χ0v) is 16.7. The predicted octanol–water partition coefficient (Wildman–Crippen LogP) is 7.13. The van der Waals surface area contributed by atoms with Crippen LogP contribution in [-0.4, -0.2) is 6.18 Å². The highest BCUT2D eigenvalue weighted by atomic mass is 19.4. The first-order valence-corrected chi connectivity index (χ1v) is 10.4. The van der Waals surface area contributed by atoms with Gasteiger partial charge in [-0.05, 0) is 54.7 Å². The predicted molar refractivity (Wildman–Crippen MR) is 106 cm³/mol. The normalized spacial score (nSPS) is 23.4. The molecule has 162 valence electrons. The summed E-state index contributed by atoms with van der Waals surface area (Å²) in [5, 5.41) is -0.700. The molecule has 0 radical (unpaired) electrons. The van der Waals surface area contributed by atoms with E-state index in [2.05, 4.69) is 11.8 Å². The summed E-state index contributed by atoms with van der Waals surface area (Å²) in [7, 11) is 0. The Balaban J connectivity index is 1.63. The summed E-state index contributed by atoms with van der Waals surface area (Å²) in [5.74, 6) is 6.32. The molecular formula is C25H20F6. The molecule has 0 saturated heterocycles. The smallest absolute Gasteiger partial charge is 0.206 e. The molecule has 4 rings (SSSR count). The van der Waals surface area contributed by atoms with Crippen molar-refractivity contribution in [3.05, 3.63) is 46.8 Å². The van der Waals surface area contributed by atoms with E-state index in [-0.39, 0.29) is 16.9 Å². The zero-order chi connectivity index (χ0) is 22.2. The molecule has 31 heavy (non-hydrogen) atoms.